The van der Waals surface area contributed by atoms with Crippen LogP contribution in [0.25, 0.3) is 0 Å². The molecule has 0 aromatic heterocycles. The predicted molar refractivity (Wildman–Crippen MR) is 54.8 cm³/mol. The van der Waals surface area contributed by atoms with E-state index in [-0.39, 0.29) is 4.37 Å². The molecule has 0 saturated heterocycles. The van der Waals surface area contributed by atoms with Crippen LogP contribution in [0.5, 0.6) is 0 Å². The van der Waals surface area contributed by atoms with Crippen LogP contribution in [-0.2, 0) is 0 Å². The van der Waals surface area contributed by atoms with E-state index in [1.54, 1.807) is 0 Å². The highest BCUT2D eigenvalue weighted by atomic mass is 35.6. The van der Waals surface area contributed by atoms with E-state index in [1.807, 2.05) is 11.8 Å². The Kier molecular flexibility index (Phi) is 3.46. The molecule has 11 heavy (non-hydrogen) atoms. The Bertz CT molecular complexity index is 170. The molecule has 0 aromatic carbocycles. The second-order valence-electron chi connectivity index (χ2n) is 3.09. The second kappa shape index (κ2) is 3.96. The monoisotopic (exact) mass is 205 g/mol. The lowest BCUT2D eigenvalue weighted by Crippen LogP contribution is -2.21. The number of rotatable bonds is 2. The van der Waals surface area contributed by atoms with E-state index in [0.29, 0.717) is 8.83 Å². The zero-order chi connectivity index (χ0) is 8.32. The summed E-state index contributed by atoms with van der Waals surface area (Å²) in [5.41, 5.74) is 0. The van der Waals surface area contributed by atoms with Gasteiger partial charge in [-0.25, -0.2) is 0 Å². The highest BCUT2D eigenvalue weighted by molar-refractivity contribution is 8.16. The third-order valence-corrected chi connectivity index (χ3v) is 5.34. The molecule has 0 N–H and O–H groups in total. The van der Waals surface area contributed by atoms with Gasteiger partial charge in [0.25, 0.3) is 0 Å². The molecule has 1 heterocycles. The molecular formula is C7H12ClNSSi. The summed E-state index contributed by atoms with van der Waals surface area (Å²) in [5, 5.41) is 1.29. The summed E-state index contributed by atoms with van der Waals surface area (Å²) in [7, 11) is 0.465. The van der Waals surface area contributed by atoms with Gasteiger partial charge in [0.05, 0.1) is 5.04 Å². The molecule has 0 bridgehead atoms. The minimum absolute atomic E-state index is 0.185. The molecule has 1 nitrogen and oxygen atoms in total. The minimum Gasteiger partial charge on any atom is -0.283 e. The van der Waals surface area contributed by atoms with Crippen molar-refractivity contribution >= 4 is 36.7 Å². The molecule has 0 aliphatic carbocycles. The number of aliphatic imine (C=N–C) groups is 1. The first-order chi connectivity index (χ1) is 5.14. The lowest BCUT2D eigenvalue weighted by molar-refractivity contribution is 0.952. The van der Waals surface area contributed by atoms with Gasteiger partial charge in [-0.3, -0.25) is 4.99 Å². The molecule has 1 rings (SSSR count). The quantitative estimate of drug-likeness (QED) is 0.499. The summed E-state index contributed by atoms with van der Waals surface area (Å²) in [4.78, 5) is 4.39. The van der Waals surface area contributed by atoms with Gasteiger partial charge in [0.2, 0.25) is 0 Å². The third kappa shape index (κ3) is 3.17. The zero-order valence-electron chi connectivity index (χ0n) is 6.85. The van der Waals surface area contributed by atoms with E-state index in [4.69, 9.17) is 11.1 Å². The summed E-state index contributed by atoms with van der Waals surface area (Å²) in [6.45, 7) is 5.36. The molecular weight excluding hydrogens is 194 g/mol. The van der Waals surface area contributed by atoms with Crippen LogP contribution in [0.15, 0.2) is 4.99 Å². The van der Waals surface area contributed by atoms with Crippen molar-refractivity contribution in [3.05, 3.63) is 0 Å². The summed E-state index contributed by atoms with van der Waals surface area (Å²) >= 11 is 7.66. The average Bonchev–Trinajstić information content (AvgIpc) is 2.39. The normalized spacial score (nSPS) is 18.6. The second-order valence-corrected chi connectivity index (χ2v) is 7.15. The van der Waals surface area contributed by atoms with Crippen molar-refractivity contribution in [1.29, 1.82) is 0 Å². The summed E-state index contributed by atoms with van der Waals surface area (Å²) in [6, 6.07) is 0. The lowest BCUT2D eigenvalue weighted by Gasteiger charge is -2.18. The first kappa shape index (κ1) is 9.61. The summed E-state index contributed by atoms with van der Waals surface area (Å²) in [6.07, 6.45) is 2.39. The standard InChI is InChI=1S/C7H12ClNSSi/c1-7(2,11-8)10-6-4-3-5-9-6/h3-5H2,1-2H3. The fourth-order valence-corrected chi connectivity index (χ4v) is 2.76. The number of nitrogens with zero attached hydrogens (tertiary/aromatic N) is 1. The van der Waals surface area contributed by atoms with Gasteiger partial charge in [0.15, 0.2) is 8.83 Å². The molecule has 0 spiro atoms. The topological polar surface area (TPSA) is 12.4 Å². The van der Waals surface area contributed by atoms with Gasteiger partial charge in [-0.15, -0.1) is 11.8 Å². The summed E-state index contributed by atoms with van der Waals surface area (Å²) < 4.78 is 0.185. The van der Waals surface area contributed by atoms with Crippen LogP contribution >= 0.6 is 22.8 Å². The van der Waals surface area contributed by atoms with Crippen LogP contribution in [0.3, 0.4) is 0 Å². The maximum Gasteiger partial charge on any atom is 0.189 e. The van der Waals surface area contributed by atoms with E-state index in [9.17, 15) is 0 Å². The van der Waals surface area contributed by atoms with E-state index in [0.717, 1.165) is 13.0 Å². The molecule has 1 aliphatic rings. The van der Waals surface area contributed by atoms with Crippen LogP contribution in [0.2, 0.25) is 0 Å². The average molecular weight is 206 g/mol. The largest absolute Gasteiger partial charge is 0.283 e. The lowest BCUT2D eigenvalue weighted by atomic mass is 10.4. The Hall–Kier alpha value is 0.527. The molecule has 62 valence electrons. The predicted octanol–water partition coefficient (Wildman–Crippen LogP) is 2.51. The Morgan fingerprint density at radius 3 is 2.82 bits per heavy atom. The Labute approximate surface area is 79.5 Å². The first-order valence-electron chi connectivity index (χ1n) is 3.74. The van der Waals surface area contributed by atoms with E-state index in [1.165, 1.54) is 11.5 Å². The van der Waals surface area contributed by atoms with Gasteiger partial charge in [0, 0.05) is 10.9 Å². The van der Waals surface area contributed by atoms with Gasteiger partial charge in [0.1, 0.15) is 0 Å². The molecule has 0 unspecified atom stereocenters. The van der Waals surface area contributed by atoms with Crippen LogP contribution in [0, 0.1) is 0 Å². The smallest absolute Gasteiger partial charge is 0.189 e. The van der Waals surface area contributed by atoms with Crippen molar-refractivity contribution in [2.24, 2.45) is 4.99 Å². The minimum atomic E-state index is 0.185. The van der Waals surface area contributed by atoms with Crippen LogP contribution < -0.4 is 0 Å². The highest BCUT2D eigenvalue weighted by Crippen LogP contribution is 2.29. The Morgan fingerprint density at radius 1 is 1.64 bits per heavy atom. The molecule has 0 saturated carbocycles. The molecule has 2 radical (unpaired) electrons. The van der Waals surface area contributed by atoms with Gasteiger partial charge >= 0.3 is 0 Å². The number of hydrogen-bond donors (Lipinski definition) is 0. The zero-order valence-corrected chi connectivity index (χ0v) is 9.43. The van der Waals surface area contributed by atoms with E-state index < -0.39 is 0 Å². The Balaban J connectivity index is 2.40. The van der Waals surface area contributed by atoms with E-state index >= 15 is 0 Å². The molecule has 0 atom stereocenters. The fourth-order valence-electron chi connectivity index (χ4n) is 0.910. The van der Waals surface area contributed by atoms with Crippen molar-refractivity contribution in [3.63, 3.8) is 0 Å². The van der Waals surface area contributed by atoms with Crippen LogP contribution in [-0.4, -0.2) is 24.8 Å². The number of thioether (sulfide) groups is 1. The third-order valence-electron chi connectivity index (χ3n) is 1.44. The van der Waals surface area contributed by atoms with Crippen molar-refractivity contribution in [2.75, 3.05) is 6.54 Å². The van der Waals surface area contributed by atoms with Gasteiger partial charge < -0.3 is 0 Å². The number of hydrogen-bond acceptors (Lipinski definition) is 2. The van der Waals surface area contributed by atoms with Crippen molar-refractivity contribution in [2.45, 2.75) is 31.1 Å². The summed E-state index contributed by atoms with van der Waals surface area (Å²) in [5.74, 6) is 0. The SMILES string of the molecule is CC(C)([Si]Cl)SC1=NCCC1. The number of halogens is 1. The molecule has 0 amide bonds. The maximum atomic E-state index is 5.82. The van der Waals surface area contributed by atoms with Gasteiger partial charge in [-0.05, 0) is 12.8 Å². The molecule has 4 heteroatoms. The van der Waals surface area contributed by atoms with Crippen molar-refractivity contribution < 1.29 is 0 Å². The molecule has 0 fully saturated rings. The van der Waals surface area contributed by atoms with Gasteiger partial charge in [-0.2, -0.15) is 11.1 Å². The molecule has 0 aromatic rings. The van der Waals surface area contributed by atoms with Crippen molar-refractivity contribution in [3.8, 4) is 0 Å². The maximum absolute atomic E-state index is 5.82. The van der Waals surface area contributed by atoms with Crippen LogP contribution in [0.1, 0.15) is 26.7 Å². The molecule has 1 aliphatic heterocycles. The Morgan fingerprint density at radius 2 is 2.36 bits per heavy atom. The highest BCUT2D eigenvalue weighted by Gasteiger charge is 2.22. The van der Waals surface area contributed by atoms with Crippen molar-refractivity contribution in [1.82, 2.24) is 0 Å². The van der Waals surface area contributed by atoms with Crippen LogP contribution in [0.4, 0.5) is 0 Å². The first-order valence-corrected chi connectivity index (χ1v) is 6.57. The van der Waals surface area contributed by atoms with E-state index in [2.05, 4.69) is 18.8 Å². The van der Waals surface area contributed by atoms with Gasteiger partial charge in [-0.1, -0.05) is 13.8 Å². The fraction of sp³-hybridized carbons (Fsp3) is 0.857.